The fourth-order valence-corrected chi connectivity index (χ4v) is 4.77. The molecule has 3 saturated carbocycles. The van der Waals surface area contributed by atoms with Crippen molar-refractivity contribution in [2.75, 3.05) is 0 Å². The van der Waals surface area contributed by atoms with Crippen LogP contribution in [0, 0.1) is 22.7 Å². The Morgan fingerprint density at radius 3 is 2.40 bits per heavy atom. The fraction of sp³-hybridized carbons (Fsp3) is 1.00. The Hall–Kier alpha value is 0. The van der Waals surface area contributed by atoms with Crippen molar-refractivity contribution in [3.05, 3.63) is 0 Å². The van der Waals surface area contributed by atoms with Crippen molar-refractivity contribution in [2.45, 2.75) is 39.5 Å². The quantitative estimate of drug-likeness (QED) is 0.480. The molecule has 3 rings (SSSR count). The van der Waals surface area contributed by atoms with E-state index in [2.05, 4.69) is 13.8 Å². The van der Waals surface area contributed by atoms with Gasteiger partial charge in [-0.15, -0.1) is 0 Å². The van der Waals surface area contributed by atoms with E-state index in [0.717, 1.165) is 22.7 Å². The van der Waals surface area contributed by atoms with Crippen LogP contribution < -0.4 is 0 Å². The molecule has 3 fully saturated rings. The molecule has 0 amide bonds. The molecular formula is C10H16. The summed E-state index contributed by atoms with van der Waals surface area (Å²) < 4.78 is 0. The lowest BCUT2D eigenvalue weighted by molar-refractivity contribution is 0.119. The molecule has 0 saturated heterocycles. The Balaban J connectivity index is 2.04. The third-order valence-corrected chi connectivity index (χ3v) is 5.21. The Bertz CT molecular complexity index is 196. The second-order valence-electron chi connectivity index (χ2n) is 4.88. The van der Waals surface area contributed by atoms with Gasteiger partial charge in [0, 0.05) is 0 Å². The van der Waals surface area contributed by atoms with Crippen LogP contribution in [0.3, 0.4) is 0 Å². The highest BCUT2D eigenvalue weighted by Gasteiger charge is 2.83. The molecule has 3 aliphatic rings. The molecule has 0 nitrogen and oxygen atoms in total. The summed E-state index contributed by atoms with van der Waals surface area (Å²) in [5.41, 5.74) is 1.80. The predicted octanol–water partition coefficient (Wildman–Crippen LogP) is 2.83. The highest BCUT2D eigenvalue weighted by molar-refractivity contribution is 5.31. The van der Waals surface area contributed by atoms with E-state index in [-0.39, 0.29) is 0 Å². The van der Waals surface area contributed by atoms with Crippen LogP contribution in [-0.4, -0.2) is 0 Å². The smallest absolute Gasteiger partial charge is 0.0181 e. The van der Waals surface area contributed by atoms with Gasteiger partial charge in [-0.05, 0) is 41.9 Å². The minimum absolute atomic E-state index is 0.896. The van der Waals surface area contributed by atoms with E-state index in [1.54, 1.807) is 19.3 Å². The third-order valence-electron chi connectivity index (χ3n) is 5.21. The van der Waals surface area contributed by atoms with Gasteiger partial charge in [-0.1, -0.05) is 20.3 Å². The second-order valence-corrected chi connectivity index (χ2v) is 4.88. The minimum atomic E-state index is 0.896. The molecule has 0 aromatic carbocycles. The lowest BCUT2D eigenvalue weighted by Crippen LogP contribution is -2.29. The van der Waals surface area contributed by atoms with E-state index >= 15 is 0 Å². The van der Waals surface area contributed by atoms with Gasteiger partial charge in [0.25, 0.3) is 0 Å². The van der Waals surface area contributed by atoms with E-state index in [1.165, 1.54) is 6.42 Å². The molecule has 0 aromatic rings. The summed E-state index contributed by atoms with van der Waals surface area (Å²) in [6.07, 6.45) is 6.23. The SMILES string of the molecule is CC1CC23CCCC12C3C. The van der Waals surface area contributed by atoms with Gasteiger partial charge in [0.15, 0.2) is 0 Å². The Morgan fingerprint density at radius 1 is 1.20 bits per heavy atom. The molecule has 0 N–H and O–H groups in total. The minimum Gasteiger partial charge on any atom is -0.0619 e. The zero-order valence-electron chi connectivity index (χ0n) is 6.98. The van der Waals surface area contributed by atoms with Crippen molar-refractivity contribution >= 4 is 0 Å². The standard InChI is InChI=1S/C10H16/c1-7-6-9-4-3-5-10(7,9)8(9)2/h7-8H,3-6H2,1-2H3. The monoisotopic (exact) mass is 136 g/mol. The second kappa shape index (κ2) is 1.19. The van der Waals surface area contributed by atoms with Crippen LogP contribution in [0.25, 0.3) is 0 Å². The Labute approximate surface area is 63.0 Å². The van der Waals surface area contributed by atoms with Crippen molar-refractivity contribution in [2.24, 2.45) is 22.7 Å². The van der Waals surface area contributed by atoms with Crippen LogP contribution in [0.4, 0.5) is 0 Å². The molecule has 0 heteroatoms. The van der Waals surface area contributed by atoms with Crippen LogP contribution in [0.1, 0.15) is 39.5 Å². The zero-order chi connectivity index (χ0) is 6.98. The molecule has 3 aliphatic carbocycles. The van der Waals surface area contributed by atoms with Gasteiger partial charge >= 0.3 is 0 Å². The van der Waals surface area contributed by atoms with Gasteiger partial charge in [0.05, 0.1) is 0 Å². The van der Waals surface area contributed by atoms with Crippen LogP contribution in [0.2, 0.25) is 0 Å². The van der Waals surface area contributed by atoms with Crippen LogP contribution in [0.15, 0.2) is 0 Å². The zero-order valence-corrected chi connectivity index (χ0v) is 6.98. The van der Waals surface area contributed by atoms with Gasteiger partial charge in [-0.2, -0.15) is 0 Å². The first-order valence-corrected chi connectivity index (χ1v) is 4.74. The molecular weight excluding hydrogens is 120 g/mol. The average Bonchev–Trinajstić information content (AvgIpc) is 2.20. The van der Waals surface area contributed by atoms with Gasteiger partial charge in [-0.25, -0.2) is 0 Å². The van der Waals surface area contributed by atoms with Crippen LogP contribution >= 0.6 is 0 Å². The maximum Gasteiger partial charge on any atom is -0.0181 e. The summed E-state index contributed by atoms with van der Waals surface area (Å²) in [6.45, 7) is 4.95. The molecule has 0 bridgehead atoms. The number of rotatable bonds is 0. The van der Waals surface area contributed by atoms with Crippen LogP contribution in [-0.2, 0) is 0 Å². The highest BCUT2D eigenvalue weighted by atomic mass is 14.9. The summed E-state index contributed by atoms with van der Waals surface area (Å²) in [7, 11) is 0. The van der Waals surface area contributed by atoms with E-state index in [0.29, 0.717) is 0 Å². The topological polar surface area (TPSA) is 0 Å². The van der Waals surface area contributed by atoms with Crippen LogP contribution in [0.5, 0.6) is 0 Å². The summed E-state index contributed by atoms with van der Waals surface area (Å²) in [5.74, 6) is 2.17. The van der Waals surface area contributed by atoms with Gasteiger partial charge in [-0.3, -0.25) is 0 Å². The lowest BCUT2D eigenvalue weighted by Gasteiger charge is -2.37. The van der Waals surface area contributed by atoms with Gasteiger partial charge in [0.2, 0.25) is 0 Å². The highest BCUT2D eigenvalue weighted by Crippen LogP contribution is 2.90. The van der Waals surface area contributed by atoms with Gasteiger partial charge in [0.1, 0.15) is 0 Å². The largest absolute Gasteiger partial charge is 0.0619 e. The predicted molar refractivity (Wildman–Crippen MR) is 41.7 cm³/mol. The van der Waals surface area contributed by atoms with Crippen molar-refractivity contribution in [1.29, 1.82) is 0 Å². The number of hydrogen-bond donors (Lipinski definition) is 0. The summed E-state index contributed by atoms with van der Waals surface area (Å²) in [6, 6.07) is 0. The average molecular weight is 136 g/mol. The maximum atomic E-state index is 2.49. The first-order valence-electron chi connectivity index (χ1n) is 4.74. The Morgan fingerprint density at radius 2 is 2.00 bits per heavy atom. The first-order chi connectivity index (χ1) is 4.74. The van der Waals surface area contributed by atoms with Gasteiger partial charge < -0.3 is 0 Å². The summed E-state index contributed by atoms with van der Waals surface area (Å²) >= 11 is 0. The van der Waals surface area contributed by atoms with Crippen molar-refractivity contribution in [3.63, 3.8) is 0 Å². The summed E-state index contributed by atoms with van der Waals surface area (Å²) in [4.78, 5) is 0. The fourth-order valence-electron chi connectivity index (χ4n) is 4.77. The van der Waals surface area contributed by atoms with E-state index in [1.807, 2.05) is 0 Å². The van der Waals surface area contributed by atoms with E-state index in [4.69, 9.17) is 0 Å². The van der Waals surface area contributed by atoms with Crippen molar-refractivity contribution in [3.8, 4) is 0 Å². The number of hydrogen-bond acceptors (Lipinski definition) is 0. The molecule has 0 aromatic heterocycles. The Kier molecular flexibility index (Phi) is 0.669. The molecule has 0 aliphatic heterocycles. The molecule has 4 unspecified atom stereocenters. The van der Waals surface area contributed by atoms with Crippen molar-refractivity contribution < 1.29 is 0 Å². The normalized spacial score (nSPS) is 70.2. The third kappa shape index (κ3) is 0.271. The van der Waals surface area contributed by atoms with E-state index in [9.17, 15) is 0 Å². The first kappa shape index (κ1) is 5.62. The van der Waals surface area contributed by atoms with E-state index < -0.39 is 0 Å². The molecule has 0 radical (unpaired) electrons. The maximum absolute atomic E-state index is 2.49. The molecule has 0 spiro atoms. The van der Waals surface area contributed by atoms with Crippen molar-refractivity contribution in [1.82, 2.24) is 0 Å². The molecule has 10 heavy (non-hydrogen) atoms. The molecule has 0 heterocycles. The molecule has 4 atom stereocenters. The molecule has 56 valence electrons. The lowest BCUT2D eigenvalue weighted by atomic mass is 9.68. The summed E-state index contributed by atoms with van der Waals surface area (Å²) in [5, 5.41) is 0.